The molecule has 0 amide bonds. The molecule has 0 aromatic rings. The number of ether oxygens (including phenoxy) is 1. The standard InChI is InChI=1S/C7H9NO4/c1-7(3-8)5(10)4(2-9)12-6(7)11/h4-5,9-10H,2H2,1H3/t4-,5-,7?/m1/s1. The minimum Gasteiger partial charge on any atom is -0.456 e. The molecule has 1 rings (SSSR count). The van der Waals surface area contributed by atoms with Gasteiger partial charge < -0.3 is 14.9 Å². The summed E-state index contributed by atoms with van der Waals surface area (Å²) in [6.07, 6.45) is -2.22. The van der Waals surface area contributed by atoms with Crippen molar-refractivity contribution >= 4 is 5.97 Å². The van der Waals surface area contributed by atoms with E-state index in [0.717, 1.165) is 0 Å². The molecular weight excluding hydrogens is 162 g/mol. The van der Waals surface area contributed by atoms with Crippen LogP contribution in [0.3, 0.4) is 0 Å². The topological polar surface area (TPSA) is 90.6 Å². The van der Waals surface area contributed by atoms with Gasteiger partial charge in [0.2, 0.25) is 0 Å². The fraction of sp³-hybridized carbons (Fsp3) is 0.714. The maximum atomic E-state index is 11.0. The van der Waals surface area contributed by atoms with Gasteiger partial charge in [-0.1, -0.05) is 0 Å². The number of esters is 1. The zero-order valence-electron chi connectivity index (χ0n) is 6.52. The summed E-state index contributed by atoms with van der Waals surface area (Å²) in [7, 11) is 0. The van der Waals surface area contributed by atoms with Crippen LogP contribution in [0.25, 0.3) is 0 Å². The van der Waals surface area contributed by atoms with Crippen molar-refractivity contribution < 1.29 is 19.7 Å². The molecule has 1 saturated heterocycles. The molecule has 1 aliphatic rings. The molecule has 2 N–H and O–H groups in total. The molecule has 0 aromatic heterocycles. The van der Waals surface area contributed by atoms with Crippen molar-refractivity contribution in [1.29, 1.82) is 5.26 Å². The molecule has 0 aliphatic carbocycles. The summed E-state index contributed by atoms with van der Waals surface area (Å²) in [5, 5.41) is 26.6. The van der Waals surface area contributed by atoms with Crippen LogP contribution in [0.1, 0.15) is 6.92 Å². The molecule has 1 heterocycles. The average molecular weight is 171 g/mol. The summed E-state index contributed by atoms with van der Waals surface area (Å²) in [5.41, 5.74) is -1.53. The van der Waals surface area contributed by atoms with Crippen LogP contribution in [0.15, 0.2) is 0 Å². The highest BCUT2D eigenvalue weighted by Gasteiger charge is 2.54. The Bertz CT molecular complexity index is 246. The van der Waals surface area contributed by atoms with Gasteiger partial charge in [-0.25, -0.2) is 0 Å². The Morgan fingerprint density at radius 1 is 1.83 bits per heavy atom. The molecule has 5 heteroatoms. The molecule has 0 saturated carbocycles. The third-order valence-corrected chi connectivity index (χ3v) is 2.04. The third-order valence-electron chi connectivity index (χ3n) is 2.04. The maximum absolute atomic E-state index is 11.0. The molecule has 0 radical (unpaired) electrons. The van der Waals surface area contributed by atoms with Gasteiger partial charge in [0.1, 0.15) is 6.10 Å². The molecule has 5 nitrogen and oxygen atoms in total. The second-order valence-corrected chi connectivity index (χ2v) is 2.89. The predicted octanol–water partition coefficient (Wildman–Crippen LogP) is -1.21. The lowest BCUT2D eigenvalue weighted by atomic mass is 9.86. The largest absolute Gasteiger partial charge is 0.456 e. The Labute approximate surface area is 69.2 Å². The number of aliphatic hydroxyl groups excluding tert-OH is 2. The maximum Gasteiger partial charge on any atom is 0.329 e. The lowest BCUT2D eigenvalue weighted by Gasteiger charge is -2.15. The van der Waals surface area contributed by atoms with Crippen LogP contribution in [-0.4, -0.2) is 35.0 Å². The lowest BCUT2D eigenvalue weighted by molar-refractivity contribution is -0.147. The number of aliphatic hydroxyl groups is 2. The highest BCUT2D eigenvalue weighted by atomic mass is 16.6. The van der Waals surface area contributed by atoms with Crippen LogP contribution in [0.2, 0.25) is 0 Å². The molecule has 1 aliphatic heterocycles. The van der Waals surface area contributed by atoms with E-state index in [2.05, 4.69) is 4.74 Å². The number of carbonyl (C=O) groups excluding carboxylic acids is 1. The number of hydrogen-bond donors (Lipinski definition) is 2. The van der Waals surface area contributed by atoms with Gasteiger partial charge in [0.05, 0.1) is 12.7 Å². The fourth-order valence-electron chi connectivity index (χ4n) is 1.07. The summed E-state index contributed by atoms with van der Waals surface area (Å²) in [6, 6.07) is 1.67. The molecule has 1 fully saturated rings. The Morgan fingerprint density at radius 3 is 2.67 bits per heavy atom. The van der Waals surface area contributed by atoms with E-state index in [-0.39, 0.29) is 0 Å². The second-order valence-electron chi connectivity index (χ2n) is 2.89. The average Bonchev–Trinajstić information content (AvgIpc) is 2.30. The van der Waals surface area contributed by atoms with Crippen LogP contribution in [0.4, 0.5) is 0 Å². The Hall–Kier alpha value is -1.12. The monoisotopic (exact) mass is 171 g/mol. The molecule has 1 unspecified atom stereocenters. The van der Waals surface area contributed by atoms with Crippen molar-refractivity contribution in [2.24, 2.45) is 5.41 Å². The third kappa shape index (κ3) is 0.967. The quantitative estimate of drug-likeness (QED) is 0.483. The minimum absolute atomic E-state index is 0.468. The van der Waals surface area contributed by atoms with Crippen LogP contribution < -0.4 is 0 Å². The SMILES string of the molecule is CC1(C#N)C(=O)O[C@H](CO)[C@H]1O. The van der Waals surface area contributed by atoms with Crippen molar-refractivity contribution in [3.8, 4) is 6.07 Å². The summed E-state index contributed by atoms with van der Waals surface area (Å²) in [5.74, 6) is -0.781. The number of cyclic esters (lactones) is 1. The van der Waals surface area contributed by atoms with E-state index in [1.165, 1.54) is 6.92 Å². The Kier molecular flexibility index (Phi) is 2.04. The molecule has 0 bridgehead atoms. The molecule has 0 spiro atoms. The minimum atomic E-state index is -1.53. The highest BCUT2D eigenvalue weighted by Crippen LogP contribution is 2.32. The van der Waals surface area contributed by atoms with E-state index in [1.54, 1.807) is 6.07 Å². The molecule has 3 atom stereocenters. The van der Waals surface area contributed by atoms with E-state index >= 15 is 0 Å². The van der Waals surface area contributed by atoms with Gasteiger partial charge in [-0.2, -0.15) is 5.26 Å². The van der Waals surface area contributed by atoms with E-state index in [4.69, 9.17) is 10.4 Å². The number of rotatable bonds is 1. The fourth-order valence-corrected chi connectivity index (χ4v) is 1.07. The normalized spacial score (nSPS) is 40.7. The molecule has 12 heavy (non-hydrogen) atoms. The summed E-state index contributed by atoms with van der Waals surface area (Å²) < 4.78 is 4.57. The van der Waals surface area contributed by atoms with Crippen LogP contribution in [0, 0.1) is 16.7 Å². The van der Waals surface area contributed by atoms with Gasteiger partial charge in [0.25, 0.3) is 0 Å². The van der Waals surface area contributed by atoms with Gasteiger partial charge in [0, 0.05) is 0 Å². The van der Waals surface area contributed by atoms with E-state index in [0.29, 0.717) is 0 Å². The van der Waals surface area contributed by atoms with Gasteiger partial charge in [0.15, 0.2) is 11.5 Å². The van der Waals surface area contributed by atoms with E-state index in [1.807, 2.05) is 0 Å². The number of carbonyl (C=O) groups is 1. The first-order valence-electron chi connectivity index (χ1n) is 3.47. The smallest absolute Gasteiger partial charge is 0.329 e. The van der Waals surface area contributed by atoms with Gasteiger partial charge in [-0.05, 0) is 6.92 Å². The number of nitrogens with zero attached hydrogens (tertiary/aromatic N) is 1. The van der Waals surface area contributed by atoms with Crippen LogP contribution in [-0.2, 0) is 9.53 Å². The second kappa shape index (κ2) is 2.73. The Balaban J connectivity index is 2.93. The molecular formula is C7H9NO4. The lowest BCUT2D eigenvalue weighted by Crippen LogP contribution is -2.36. The molecule has 0 aromatic carbocycles. The van der Waals surface area contributed by atoms with Crippen LogP contribution >= 0.6 is 0 Å². The summed E-state index contributed by atoms with van der Waals surface area (Å²) in [6.45, 7) is 0.819. The summed E-state index contributed by atoms with van der Waals surface area (Å²) >= 11 is 0. The van der Waals surface area contributed by atoms with E-state index < -0.39 is 30.2 Å². The first kappa shape index (κ1) is 8.97. The van der Waals surface area contributed by atoms with Crippen molar-refractivity contribution in [1.82, 2.24) is 0 Å². The van der Waals surface area contributed by atoms with Gasteiger partial charge >= 0.3 is 5.97 Å². The van der Waals surface area contributed by atoms with Gasteiger partial charge in [-0.15, -0.1) is 0 Å². The first-order valence-corrected chi connectivity index (χ1v) is 3.47. The van der Waals surface area contributed by atoms with Crippen LogP contribution in [0.5, 0.6) is 0 Å². The van der Waals surface area contributed by atoms with Gasteiger partial charge in [-0.3, -0.25) is 4.79 Å². The summed E-state index contributed by atoms with van der Waals surface area (Å²) in [4.78, 5) is 11.0. The Morgan fingerprint density at radius 2 is 2.42 bits per heavy atom. The van der Waals surface area contributed by atoms with E-state index in [9.17, 15) is 9.90 Å². The number of nitriles is 1. The zero-order chi connectivity index (χ0) is 9.35. The van der Waals surface area contributed by atoms with Crippen molar-refractivity contribution in [2.45, 2.75) is 19.1 Å². The predicted molar refractivity (Wildman–Crippen MR) is 36.7 cm³/mol. The zero-order valence-corrected chi connectivity index (χ0v) is 6.52. The number of hydrogen-bond acceptors (Lipinski definition) is 5. The van der Waals surface area contributed by atoms with Crippen molar-refractivity contribution in [3.63, 3.8) is 0 Å². The van der Waals surface area contributed by atoms with Crippen molar-refractivity contribution in [3.05, 3.63) is 0 Å². The highest BCUT2D eigenvalue weighted by molar-refractivity contribution is 5.82. The molecule has 66 valence electrons. The first-order chi connectivity index (χ1) is 5.56. The van der Waals surface area contributed by atoms with Crippen molar-refractivity contribution in [2.75, 3.05) is 6.61 Å².